The molecule has 69 heavy (non-hydrogen) atoms. The van der Waals surface area contributed by atoms with Crippen LogP contribution in [0, 0.1) is 0 Å². The molecule has 16 nitrogen and oxygen atoms in total. The minimum atomic E-state index is 0.0224. The van der Waals surface area contributed by atoms with Crippen molar-refractivity contribution in [1.29, 1.82) is 0 Å². The van der Waals surface area contributed by atoms with Crippen molar-refractivity contribution in [3.05, 3.63) is 98.2 Å². The Morgan fingerprint density at radius 1 is 0.406 bits per heavy atom. The van der Waals surface area contributed by atoms with Gasteiger partial charge in [0.2, 0.25) is 35.0 Å². The zero-order chi connectivity index (χ0) is 49.1. The molecule has 6 aromatic rings. The van der Waals surface area contributed by atoms with Crippen LogP contribution < -0.4 is 51.3 Å². The predicted octanol–water partition coefficient (Wildman–Crippen LogP) is 13.8. The van der Waals surface area contributed by atoms with E-state index in [1.165, 1.54) is 64.2 Å². The minimum absolute atomic E-state index is 0.0224. The highest BCUT2D eigenvalue weighted by atomic mass is 35.5. The summed E-state index contributed by atoms with van der Waals surface area (Å²) in [5, 5.41) is 17.9. The molecule has 2 fully saturated rings. The summed E-state index contributed by atoms with van der Waals surface area (Å²) < 4.78 is 20.7. The first-order valence-electron chi connectivity index (χ1n) is 22.5. The van der Waals surface area contributed by atoms with Gasteiger partial charge in [-0.3, -0.25) is 0 Å². The van der Waals surface area contributed by atoms with Crippen LogP contribution in [0.25, 0.3) is 0 Å². The van der Waals surface area contributed by atoms with Crippen molar-refractivity contribution in [3.8, 4) is 23.0 Å². The molecule has 0 saturated heterocycles. The molecule has 2 aliphatic carbocycles. The first kappa shape index (κ1) is 52.9. The number of anilines is 9. The zero-order valence-electron chi connectivity index (χ0n) is 38.9. The number of rotatable bonds is 14. The molecule has 2 heterocycles. The molecule has 7 N–H and O–H groups in total. The Bertz CT molecular complexity index is 2440. The molecule has 8 rings (SSSR count). The highest BCUT2D eigenvalue weighted by molar-refractivity contribution is 6.33. The lowest BCUT2D eigenvalue weighted by Gasteiger charge is -2.17. The highest BCUT2D eigenvalue weighted by Crippen LogP contribution is 2.33. The molecule has 2 aliphatic rings. The van der Waals surface area contributed by atoms with E-state index in [0.717, 1.165) is 24.2 Å². The lowest BCUT2D eigenvalue weighted by molar-refractivity contribution is 0.415. The van der Waals surface area contributed by atoms with Gasteiger partial charge < -0.3 is 51.3 Å². The van der Waals surface area contributed by atoms with Crippen LogP contribution in [0.5, 0.6) is 23.0 Å². The predicted molar refractivity (Wildman–Crippen MR) is 281 cm³/mol. The summed E-state index contributed by atoms with van der Waals surface area (Å²) in [5.41, 5.74) is 8.54. The fraction of sp³-hybridized carbons (Fsp3) is 0.375. The Morgan fingerprint density at radius 2 is 0.696 bits per heavy atom. The Kier molecular flexibility index (Phi) is 20.7. The molecule has 0 bridgehead atoms. The fourth-order valence-electron chi connectivity index (χ4n) is 7.42. The molecule has 0 unspecified atom stereocenters. The molecule has 0 spiro atoms. The number of hydrogen-bond donors (Lipinski definition) is 6. The van der Waals surface area contributed by atoms with Gasteiger partial charge in [0.25, 0.3) is 0 Å². The number of ether oxygens (including phenoxy) is 4. The third kappa shape index (κ3) is 16.9. The lowest BCUT2D eigenvalue weighted by Crippen LogP contribution is -2.21. The van der Waals surface area contributed by atoms with Crippen LogP contribution in [0.15, 0.2) is 72.8 Å². The van der Waals surface area contributed by atoms with Crippen LogP contribution in [-0.4, -0.2) is 70.4 Å². The van der Waals surface area contributed by atoms with Gasteiger partial charge in [-0.05, 0) is 110 Å². The number of hydrogen-bond acceptors (Lipinski definition) is 16. The van der Waals surface area contributed by atoms with Gasteiger partial charge in [-0.1, -0.05) is 97.8 Å². The van der Waals surface area contributed by atoms with Gasteiger partial charge in [0, 0.05) is 34.8 Å². The Labute approximate surface area is 428 Å². The van der Waals surface area contributed by atoms with Crippen LogP contribution in [0.4, 0.5) is 52.5 Å². The van der Waals surface area contributed by atoms with E-state index >= 15 is 0 Å². The average molecular weight is 1040 g/mol. The van der Waals surface area contributed by atoms with Crippen molar-refractivity contribution in [2.24, 2.45) is 5.73 Å². The highest BCUT2D eigenvalue weighted by Gasteiger charge is 2.17. The molecule has 368 valence electrons. The number of nitrogens with zero attached hydrogens (tertiary/aromatic N) is 6. The van der Waals surface area contributed by atoms with Crippen LogP contribution in [0.3, 0.4) is 0 Å². The quantitative estimate of drug-likeness (QED) is 0.0562. The minimum Gasteiger partial charge on any atom is -0.495 e. The van der Waals surface area contributed by atoms with Gasteiger partial charge in [0.1, 0.15) is 23.0 Å². The number of halogens is 5. The summed E-state index contributed by atoms with van der Waals surface area (Å²) in [6.45, 7) is 0. The normalized spacial score (nSPS) is 14.0. The van der Waals surface area contributed by atoms with Crippen LogP contribution in [-0.2, 0) is 0 Å². The summed E-state index contributed by atoms with van der Waals surface area (Å²) in [5.74, 6) is 4.09. The second kappa shape index (κ2) is 27.0. The van der Waals surface area contributed by atoms with Gasteiger partial charge in [0.15, 0.2) is 0 Å². The van der Waals surface area contributed by atoms with Crippen molar-refractivity contribution in [1.82, 2.24) is 29.9 Å². The Morgan fingerprint density at radius 3 is 1.00 bits per heavy atom. The van der Waals surface area contributed by atoms with Crippen molar-refractivity contribution in [2.75, 3.05) is 55.0 Å². The summed E-state index contributed by atoms with van der Waals surface area (Å²) in [7, 11) is 6.25. The summed E-state index contributed by atoms with van der Waals surface area (Å²) in [6, 6.07) is 22.0. The van der Waals surface area contributed by atoms with Crippen LogP contribution >= 0.6 is 58.0 Å². The molecule has 4 aromatic carbocycles. The molecular weight excluding hydrogens is 986 g/mol. The van der Waals surface area contributed by atoms with E-state index in [-0.39, 0.29) is 17.2 Å². The third-order valence-corrected chi connectivity index (χ3v) is 12.3. The number of benzene rings is 4. The number of aromatic nitrogens is 6. The SMILES string of the molecule is COc1ccc(Nc2nc(Cl)nc(Nc3ccc(OC)c(Cl)c3)n2)cc1Cl.COc1ccc(Nc2nc(Nc3ccc(OC)c(Cl)c3)nc(NC3CCCCCC3)n2)cc1Cl.NC1CCCCCC1. The first-order chi connectivity index (χ1) is 33.4. The van der Waals surface area contributed by atoms with E-state index < -0.39 is 0 Å². The molecule has 2 aromatic heterocycles. The fourth-order valence-corrected chi connectivity index (χ4v) is 8.62. The summed E-state index contributed by atoms with van der Waals surface area (Å²) in [4.78, 5) is 26.2. The van der Waals surface area contributed by atoms with E-state index in [4.69, 9.17) is 82.7 Å². The van der Waals surface area contributed by atoms with Gasteiger partial charge in [-0.25, -0.2) is 0 Å². The zero-order valence-corrected chi connectivity index (χ0v) is 42.6. The molecule has 21 heteroatoms. The van der Waals surface area contributed by atoms with Gasteiger partial charge >= 0.3 is 0 Å². The maximum Gasteiger partial charge on any atom is 0.233 e. The van der Waals surface area contributed by atoms with E-state index in [2.05, 4.69) is 56.5 Å². The molecule has 0 aliphatic heterocycles. The first-order valence-corrected chi connectivity index (χ1v) is 24.4. The second-order valence-electron chi connectivity index (χ2n) is 16.0. The van der Waals surface area contributed by atoms with Crippen molar-refractivity contribution in [2.45, 2.75) is 89.1 Å². The number of methoxy groups -OCH3 is 4. The average Bonchev–Trinajstić information content (AvgIpc) is 3.74. The second-order valence-corrected chi connectivity index (χ2v) is 18.0. The van der Waals surface area contributed by atoms with Crippen molar-refractivity contribution in [3.63, 3.8) is 0 Å². The maximum atomic E-state index is 6.28. The van der Waals surface area contributed by atoms with Gasteiger partial charge in [0.05, 0.1) is 48.5 Å². The standard InChI is InChI=1S/C24H28Cl2N6O2.C17H14Cl3N5O2.C7H15N/c1-33-20-11-9-16(13-18(20)25)28-23-30-22(27-15-7-5-3-4-6-8-15)31-24(32-23)29-17-10-12-21(34-2)19(26)14-17;1-26-13-5-3-9(7-11(13)18)21-16-23-15(20)24-17(25-16)22-10-4-6-14(27-2)12(19)8-10;8-7-5-3-1-2-4-6-7/h9-15H,3-8H2,1-2H3,(H3,27,28,29,30,31,32);3-8H,1-2H3,(H2,21,22,23,24,25);7H,1-6,8H2. The topological polar surface area (TPSA) is 200 Å². The Balaban J connectivity index is 0.000000199. The summed E-state index contributed by atoms with van der Waals surface area (Å²) >= 11 is 30.8. The monoisotopic (exact) mass is 1040 g/mol. The van der Waals surface area contributed by atoms with E-state index in [0.29, 0.717) is 84.4 Å². The third-order valence-electron chi connectivity index (χ3n) is 11.0. The Hall–Kier alpha value is -5.49. The molecular formula is C48H57Cl5N12O4. The van der Waals surface area contributed by atoms with E-state index in [9.17, 15) is 0 Å². The molecule has 0 atom stereocenters. The largest absolute Gasteiger partial charge is 0.495 e. The van der Waals surface area contributed by atoms with E-state index in [1.54, 1.807) is 89.1 Å². The molecule has 0 radical (unpaired) electrons. The van der Waals surface area contributed by atoms with Crippen molar-refractivity contribution < 1.29 is 18.9 Å². The molecule has 0 amide bonds. The van der Waals surface area contributed by atoms with Gasteiger partial charge in [-0.2, -0.15) is 29.9 Å². The number of nitrogens with two attached hydrogens (primary N) is 1. The van der Waals surface area contributed by atoms with Crippen LogP contribution in [0.1, 0.15) is 77.0 Å². The molecule has 2 saturated carbocycles. The van der Waals surface area contributed by atoms with E-state index in [1.807, 2.05) is 12.1 Å². The van der Waals surface area contributed by atoms with Crippen LogP contribution in [0.2, 0.25) is 25.4 Å². The lowest BCUT2D eigenvalue weighted by atomic mass is 10.1. The maximum absolute atomic E-state index is 6.28. The van der Waals surface area contributed by atoms with Gasteiger partial charge in [-0.15, -0.1) is 0 Å². The van der Waals surface area contributed by atoms with Crippen molar-refractivity contribution >= 4 is 110 Å². The number of nitrogens with one attached hydrogen (secondary N) is 5. The smallest absolute Gasteiger partial charge is 0.233 e. The summed E-state index contributed by atoms with van der Waals surface area (Å²) in [6.07, 6.45) is 15.2.